The molecule has 5 nitrogen and oxygen atoms in total. The van der Waals surface area contributed by atoms with Crippen LogP contribution in [0.25, 0.3) is 10.8 Å². The van der Waals surface area contributed by atoms with Gasteiger partial charge >= 0.3 is 5.97 Å². The van der Waals surface area contributed by atoms with E-state index in [1.807, 2.05) is 91.0 Å². The van der Waals surface area contributed by atoms with Crippen molar-refractivity contribution >= 4 is 22.6 Å². The van der Waals surface area contributed by atoms with Crippen LogP contribution in [0.4, 0.5) is 0 Å². The summed E-state index contributed by atoms with van der Waals surface area (Å²) in [6, 6.07) is 29.2. The molecule has 5 heteroatoms. The van der Waals surface area contributed by atoms with Gasteiger partial charge < -0.3 is 15.2 Å². The van der Waals surface area contributed by atoms with E-state index in [-0.39, 0.29) is 0 Å². The van der Waals surface area contributed by atoms with Gasteiger partial charge in [-0.1, -0.05) is 110 Å². The number of benzene rings is 4. The third kappa shape index (κ3) is 5.72. The van der Waals surface area contributed by atoms with Crippen LogP contribution in [0.5, 0.6) is 5.75 Å². The molecular formula is C33H33NO4. The van der Waals surface area contributed by atoms with E-state index in [4.69, 9.17) is 4.74 Å². The van der Waals surface area contributed by atoms with Gasteiger partial charge in [-0.2, -0.15) is 0 Å². The van der Waals surface area contributed by atoms with Gasteiger partial charge in [-0.15, -0.1) is 0 Å². The molecule has 0 saturated heterocycles. The van der Waals surface area contributed by atoms with E-state index >= 15 is 0 Å². The summed E-state index contributed by atoms with van der Waals surface area (Å²) >= 11 is 0. The summed E-state index contributed by atoms with van der Waals surface area (Å²) in [7, 11) is 0. The standard InChI is InChI=1S/C33H33NO4/c35-32(34-30(33(36)37)29(25-15-6-2-7-16-25)26-17-8-3-9-18-26)28-21-20-24-14-10-11-19-27(24)31(28)38-22-23-12-4-1-5-13-23/h2-3,6-11,14-21,23,29-30H,1,4-5,12-13,22H2,(H,34,35)(H,36,37). The SMILES string of the molecule is O=C(NC(C(=O)O)C(c1ccccc1)c1ccccc1)c1ccc2ccccc2c1OCC1CCCCC1. The Morgan fingerprint density at radius 2 is 1.39 bits per heavy atom. The van der Waals surface area contributed by atoms with Gasteiger partial charge in [0.05, 0.1) is 12.2 Å². The van der Waals surface area contributed by atoms with Gasteiger partial charge in [0.15, 0.2) is 0 Å². The molecule has 1 aliphatic rings. The maximum atomic E-state index is 13.8. The number of carboxylic acid groups (broad SMARTS) is 1. The van der Waals surface area contributed by atoms with E-state index in [9.17, 15) is 14.7 Å². The number of fused-ring (bicyclic) bond motifs is 1. The quantitative estimate of drug-likeness (QED) is 0.261. The average molecular weight is 508 g/mol. The highest BCUT2D eigenvalue weighted by Crippen LogP contribution is 2.33. The Kier molecular flexibility index (Phi) is 8.03. The van der Waals surface area contributed by atoms with Crippen molar-refractivity contribution in [2.45, 2.75) is 44.1 Å². The van der Waals surface area contributed by atoms with Gasteiger partial charge in [0, 0.05) is 11.3 Å². The van der Waals surface area contributed by atoms with Crippen molar-refractivity contribution < 1.29 is 19.4 Å². The second-order valence-electron chi connectivity index (χ2n) is 10.1. The normalized spacial score (nSPS) is 14.8. The molecule has 38 heavy (non-hydrogen) atoms. The Bertz CT molecular complexity index is 1340. The molecule has 0 spiro atoms. The predicted octanol–water partition coefficient (Wildman–Crippen LogP) is 6.81. The number of carboxylic acids is 1. The smallest absolute Gasteiger partial charge is 0.327 e. The van der Waals surface area contributed by atoms with Gasteiger partial charge in [0.1, 0.15) is 11.8 Å². The van der Waals surface area contributed by atoms with Crippen molar-refractivity contribution in [1.82, 2.24) is 5.32 Å². The molecule has 1 unspecified atom stereocenters. The molecule has 4 aromatic rings. The summed E-state index contributed by atoms with van der Waals surface area (Å²) < 4.78 is 6.37. The summed E-state index contributed by atoms with van der Waals surface area (Å²) in [5.41, 5.74) is 1.99. The van der Waals surface area contributed by atoms with E-state index in [1.54, 1.807) is 6.07 Å². The number of aliphatic carboxylic acids is 1. The highest BCUT2D eigenvalue weighted by atomic mass is 16.5. The largest absolute Gasteiger partial charge is 0.492 e. The topological polar surface area (TPSA) is 75.6 Å². The van der Waals surface area contributed by atoms with Crippen LogP contribution in [0.1, 0.15) is 59.5 Å². The minimum atomic E-state index is -1.18. The zero-order valence-corrected chi connectivity index (χ0v) is 21.4. The lowest BCUT2D eigenvalue weighted by Crippen LogP contribution is -2.45. The maximum Gasteiger partial charge on any atom is 0.327 e. The highest BCUT2D eigenvalue weighted by molar-refractivity contribution is 6.05. The number of carbonyl (C=O) groups excluding carboxylic acids is 1. The van der Waals surface area contributed by atoms with Crippen molar-refractivity contribution in [3.63, 3.8) is 0 Å². The van der Waals surface area contributed by atoms with Gasteiger partial charge in [-0.05, 0) is 41.3 Å². The molecule has 0 radical (unpaired) electrons. The molecule has 5 rings (SSSR count). The summed E-state index contributed by atoms with van der Waals surface area (Å²) in [4.78, 5) is 26.4. The third-order valence-electron chi connectivity index (χ3n) is 7.52. The molecule has 1 aliphatic carbocycles. The Hall–Kier alpha value is -4.12. The number of rotatable bonds is 9. The van der Waals surface area contributed by atoms with Crippen LogP contribution in [0.15, 0.2) is 97.1 Å². The summed E-state index contributed by atoms with van der Waals surface area (Å²) in [5, 5.41) is 15.0. The number of hydrogen-bond acceptors (Lipinski definition) is 3. The molecule has 2 N–H and O–H groups in total. The van der Waals surface area contributed by atoms with Crippen LogP contribution in [0, 0.1) is 5.92 Å². The number of nitrogens with one attached hydrogen (secondary N) is 1. The van der Waals surface area contributed by atoms with Crippen LogP contribution in [-0.2, 0) is 4.79 Å². The van der Waals surface area contributed by atoms with Gasteiger partial charge in [-0.3, -0.25) is 4.79 Å². The molecule has 1 fully saturated rings. The molecule has 0 aromatic heterocycles. The van der Waals surface area contributed by atoms with Crippen molar-refractivity contribution in [1.29, 1.82) is 0 Å². The zero-order chi connectivity index (χ0) is 26.3. The second-order valence-corrected chi connectivity index (χ2v) is 10.1. The van der Waals surface area contributed by atoms with E-state index in [0.29, 0.717) is 23.8 Å². The fourth-order valence-corrected chi connectivity index (χ4v) is 5.54. The van der Waals surface area contributed by atoms with Crippen LogP contribution in [-0.4, -0.2) is 29.6 Å². The summed E-state index contributed by atoms with van der Waals surface area (Å²) in [6.07, 6.45) is 5.93. The maximum absolute atomic E-state index is 13.8. The van der Waals surface area contributed by atoms with Gasteiger partial charge in [0.25, 0.3) is 5.91 Å². The fraction of sp³-hybridized carbons (Fsp3) is 0.273. The Morgan fingerprint density at radius 1 is 0.789 bits per heavy atom. The monoisotopic (exact) mass is 507 g/mol. The van der Waals surface area contributed by atoms with E-state index < -0.39 is 23.8 Å². The number of amides is 1. The lowest BCUT2D eigenvalue weighted by molar-refractivity contribution is -0.139. The van der Waals surface area contributed by atoms with Crippen molar-refractivity contribution in [3.8, 4) is 5.75 Å². The first-order chi connectivity index (χ1) is 18.6. The van der Waals surface area contributed by atoms with Crippen molar-refractivity contribution in [2.75, 3.05) is 6.61 Å². The molecule has 0 aliphatic heterocycles. The molecular weight excluding hydrogens is 474 g/mol. The van der Waals surface area contributed by atoms with Crippen LogP contribution in [0.2, 0.25) is 0 Å². The molecule has 194 valence electrons. The lowest BCUT2D eigenvalue weighted by atomic mass is 9.84. The highest BCUT2D eigenvalue weighted by Gasteiger charge is 2.33. The average Bonchev–Trinajstić information content (AvgIpc) is 2.97. The van der Waals surface area contributed by atoms with Crippen LogP contribution in [0.3, 0.4) is 0 Å². The minimum Gasteiger partial charge on any atom is -0.492 e. The third-order valence-corrected chi connectivity index (χ3v) is 7.52. The van der Waals surface area contributed by atoms with Crippen molar-refractivity contribution in [3.05, 3.63) is 114 Å². The van der Waals surface area contributed by atoms with Crippen LogP contribution < -0.4 is 10.1 Å². The second kappa shape index (κ2) is 12.0. The zero-order valence-electron chi connectivity index (χ0n) is 21.4. The van der Waals surface area contributed by atoms with Crippen LogP contribution >= 0.6 is 0 Å². The molecule has 1 saturated carbocycles. The van der Waals surface area contributed by atoms with Crippen molar-refractivity contribution in [2.24, 2.45) is 5.92 Å². The van der Waals surface area contributed by atoms with Gasteiger partial charge in [-0.25, -0.2) is 4.79 Å². The first-order valence-electron chi connectivity index (χ1n) is 13.4. The molecule has 1 amide bonds. The van der Waals surface area contributed by atoms with E-state index in [2.05, 4.69) is 5.32 Å². The molecule has 1 atom stereocenters. The van der Waals surface area contributed by atoms with Gasteiger partial charge in [0.2, 0.25) is 0 Å². The Labute approximate surface area is 223 Å². The Morgan fingerprint density at radius 3 is 2.03 bits per heavy atom. The minimum absolute atomic E-state index is 0.352. The first kappa shape index (κ1) is 25.5. The van der Waals surface area contributed by atoms with E-state index in [1.165, 1.54) is 19.3 Å². The summed E-state index contributed by atoms with van der Waals surface area (Å²) in [6.45, 7) is 0.549. The lowest BCUT2D eigenvalue weighted by Gasteiger charge is -2.27. The predicted molar refractivity (Wildman–Crippen MR) is 150 cm³/mol. The fourth-order valence-electron chi connectivity index (χ4n) is 5.54. The number of carbonyl (C=O) groups is 2. The van der Waals surface area contributed by atoms with E-state index in [0.717, 1.165) is 34.7 Å². The number of hydrogen-bond donors (Lipinski definition) is 2. The number of ether oxygens (including phenoxy) is 1. The molecule has 0 bridgehead atoms. The summed E-state index contributed by atoms with van der Waals surface area (Å²) in [5.74, 6) is -1.14. The first-order valence-corrected chi connectivity index (χ1v) is 13.4. The molecule has 0 heterocycles. The molecule has 4 aromatic carbocycles. The Balaban J connectivity index is 1.49.